The summed E-state index contributed by atoms with van der Waals surface area (Å²) in [6.07, 6.45) is 0. The fraction of sp³-hybridized carbons (Fsp3) is 0.167. The third kappa shape index (κ3) is 5.23. The lowest BCUT2D eigenvalue weighted by Crippen LogP contribution is -2.26. The number of ether oxygens (including phenoxy) is 3. The van der Waals surface area contributed by atoms with Crippen LogP contribution in [0.2, 0.25) is 0 Å². The van der Waals surface area contributed by atoms with Crippen molar-refractivity contribution < 1.29 is 33.7 Å². The van der Waals surface area contributed by atoms with Gasteiger partial charge in [0.25, 0.3) is 11.8 Å². The van der Waals surface area contributed by atoms with Crippen LogP contribution in [-0.4, -0.2) is 41.8 Å². The maximum absolute atomic E-state index is 12.7. The smallest absolute Gasteiger partial charge is 0.335 e. The highest BCUT2D eigenvalue weighted by atomic mass is 16.7. The minimum atomic E-state index is -1.02. The van der Waals surface area contributed by atoms with E-state index in [1.165, 1.54) is 31.4 Å². The Kier molecular flexibility index (Phi) is 6.58. The van der Waals surface area contributed by atoms with Gasteiger partial charge in [-0.1, -0.05) is 18.2 Å². The second kappa shape index (κ2) is 9.90. The third-order valence-corrected chi connectivity index (χ3v) is 5.05. The van der Waals surface area contributed by atoms with Crippen LogP contribution < -0.4 is 24.8 Å². The van der Waals surface area contributed by atoms with Gasteiger partial charge in [-0.05, 0) is 41.5 Å². The van der Waals surface area contributed by atoms with E-state index in [-0.39, 0.29) is 42.6 Å². The standard InChI is InChI=1S/C24H21N3O7/c1-32-21-10-17(22(28)25-11-14-2-5-16(6-3-14)24(30)31)9-18(27-21)23(29)26-12-15-4-7-19-20(8-15)34-13-33-19/h2-10H,11-13H2,1H3,(H,25,28)(H,26,29)(H,30,31). The number of fused-ring (bicyclic) bond motifs is 1. The van der Waals surface area contributed by atoms with Crippen molar-refractivity contribution in [1.29, 1.82) is 0 Å². The van der Waals surface area contributed by atoms with Crippen molar-refractivity contribution in [2.45, 2.75) is 13.1 Å². The molecule has 3 aromatic rings. The molecule has 0 fully saturated rings. The van der Waals surface area contributed by atoms with Gasteiger partial charge in [0.2, 0.25) is 12.7 Å². The van der Waals surface area contributed by atoms with E-state index in [4.69, 9.17) is 19.3 Å². The summed E-state index contributed by atoms with van der Waals surface area (Å²) >= 11 is 0. The molecule has 174 valence electrons. The highest BCUT2D eigenvalue weighted by Gasteiger charge is 2.17. The Morgan fingerprint density at radius 3 is 2.29 bits per heavy atom. The van der Waals surface area contributed by atoms with E-state index in [0.717, 1.165) is 11.1 Å². The minimum Gasteiger partial charge on any atom is -0.481 e. The molecule has 1 aromatic heterocycles. The Bertz CT molecular complexity index is 1240. The van der Waals surface area contributed by atoms with Crippen LogP contribution in [0.5, 0.6) is 17.4 Å². The number of pyridine rings is 1. The Balaban J connectivity index is 1.41. The first-order valence-corrected chi connectivity index (χ1v) is 10.3. The first kappa shape index (κ1) is 22.6. The van der Waals surface area contributed by atoms with E-state index in [2.05, 4.69) is 15.6 Å². The van der Waals surface area contributed by atoms with E-state index < -0.39 is 17.8 Å². The Hall–Kier alpha value is -4.60. The number of carboxylic acid groups (broad SMARTS) is 1. The summed E-state index contributed by atoms with van der Waals surface area (Å²) in [6, 6.07) is 14.3. The molecule has 10 heteroatoms. The van der Waals surface area contributed by atoms with Gasteiger partial charge in [0.1, 0.15) is 5.69 Å². The van der Waals surface area contributed by atoms with Crippen molar-refractivity contribution in [1.82, 2.24) is 15.6 Å². The molecule has 2 aromatic carbocycles. The molecule has 2 amide bonds. The molecule has 0 aliphatic carbocycles. The number of hydrogen-bond acceptors (Lipinski definition) is 7. The van der Waals surface area contributed by atoms with E-state index >= 15 is 0 Å². The van der Waals surface area contributed by atoms with Crippen LogP contribution >= 0.6 is 0 Å². The number of benzene rings is 2. The van der Waals surface area contributed by atoms with Gasteiger partial charge in [0.15, 0.2) is 11.5 Å². The number of nitrogens with zero attached hydrogens (tertiary/aromatic N) is 1. The number of amides is 2. The zero-order valence-electron chi connectivity index (χ0n) is 18.2. The summed E-state index contributed by atoms with van der Waals surface area (Å²) in [4.78, 5) is 40.5. The van der Waals surface area contributed by atoms with Crippen LogP contribution in [0.15, 0.2) is 54.6 Å². The van der Waals surface area contributed by atoms with Crippen molar-refractivity contribution in [2.75, 3.05) is 13.9 Å². The second-order valence-corrected chi connectivity index (χ2v) is 7.34. The summed E-state index contributed by atoms with van der Waals surface area (Å²) < 4.78 is 15.8. The van der Waals surface area contributed by atoms with Crippen LogP contribution in [-0.2, 0) is 13.1 Å². The Morgan fingerprint density at radius 1 is 0.882 bits per heavy atom. The number of rotatable bonds is 8. The summed E-state index contributed by atoms with van der Waals surface area (Å²) in [5.74, 6) is -0.556. The Morgan fingerprint density at radius 2 is 1.56 bits per heavy atom. The molecule has 1 aliphatic heterocycles. The molecule has 10 nitrogen and oxygen atoms in total. The number of hydrogen-bond donors (Lipinski definition) is 3. The summed E-state index contributed by atoms with van der Waals surface area (Å²) in [5.41, 5.74) is 1.91. The topological polar surface area (TPSA) is 136 Å². The van der Waals surface area contributed by atoms with Gasteiger partial charge in [0, 0.05) is 24.7 Å². The molecule has 2 heterocycles. The van der Waals surface area contributed by atoms with E-state index in [0.29, 0.717) is 11.5 Å². The van der Waals surface area contributed by atoms with Crippen molar-refractivity contribution in [3.63, 3.8) is 0 Å². The SMILES string of the molecule is COc1cc(C(=O)NCc2ccc(C(=O)O)cc2)cc(C(=O)NCc2ccc3c(c2)OCO3)n1. The fourth-order valence-corrected chi connectivity index (χ4v) is 3.23. The molecule has 0 spiro atoms. The second-order valence-electron chi connectivity index (χ2n) is 7.34. The molecule has 0 unspecified atom stereocenters. The van der Waals surface area contributed by atoms with Crippen molar-refractivity contribution in [3.8, 4) is 17.4 Å². The normalized spacial score (nSPS) is 11.6. The molecule has 3 N–H and O–H groups in total. The first-order valence-electron chi connectivity index (χ1n) is 10.3. The molecule has 1 aliphatic rings. The third-order valence-electron chi connectivity index (χ3n) is 5.05. The van der Waals surface area contributed by atoms with Crippen LogP contribution in [0.3, 0.4) is 0 Å². The van der Waals surface area contributed by atoms with Gasteiger partial charge in [0.05, 0.1) is 12.7 Å². The molecule has 4 rings (SSSR count). The van der Waals surface area contributed by atoms with Crippen LogP contribution in [0.4, 0.5) is 0 Å². The average Bonchev–Trinajstić information content (AvgIpc) is 3.33. The lowest BCUT2D eigenvalue weighted by molar-refractivity contribution is 0.0696. The van der Waals surface area contributed by atoms with Crippen molar-refractivity contribution >= 4 is 17.8 Å². The van der Waals surface area contributed by atoms with Gasteiger partial charge in [-0.3, -0.25) is 9.59 Å². The van der Waals surface area contributed by atoms with Crippen molar-refractivity contribution in [2.24, 2.45) is 0 Å². The van der Waals surface area contributed by atoms with Gasteiger partial charge in [-0.2, -0.15) is 0 Å². The van der Waals surface area contributed by atoms with E-state index in [9.17, 15) is 14.4 Å². The van der Waals surface area contributed by atoms with Gasteiger partial charge in [-0.25, -0.2) is 9.78 Å². The fourth-order valence-electron chi connectivity index (χ4n) is 3.23. The molecule has 0 atom stereocenters. The highest BCUT2D eigenvalue weighted by Crippen LogP contribution is 2.32. The molecule has 0 saturated heterocycles. The first-order chi connectivity index (χ1) is 16.4. The van der Waals surface area contributed by atoms with Crippen LogP contribution in [0.25, 0.3) is 0 Å². The van der Waals surface area contributed by atoms with E-state index in [1.807, 2.05) is 6.07 Å². The van der Waals surface area contributed by atoms with Crippen LogP contribution in [0, 0.1) is 0 Å². The quantitative estimate of drug-likeness (QED) is 0.463. The number of nitrogens with one attached hydrogen (secondary N) is 2. The number of aromatic nitrogens is 1. The van der Waals surface area contributed by atoms with E-state index in [1.54, 1.807) is 24.3 Å². The Labute approximate surface area is 194 Å². The number of carboxylic acids is 1. The molecular formula is C24H21N3O7. The number of aromatic carboxylic acids is 1. The number of carbonyl (C=O) groups is 3. The summed E-state index contributed by atoms with van der Waals surface area (Å²) in [7, 11) is 1.39. The zero-order valence-corrected chi connectivity index (χ0v) is 18.2. The average molecular weight is 463 g/mol. The van der Waals surface area contributed by atoms with Gasteiger partial charge < -0.3 is 30.0 Å². The lowest BCUT2D eigenvalue weighted by Gasteiger charge is -2.10. The monoisotopic (exact) mass is 463 g/mol. The largest absolute Gasteiger partial charge is 0.481 e. The molecule has 34 heavy (non-hydrogen) atoms. The maximum atomic E-state index is 12.7. The maximum Gasteiger partial charge on any atom is 0.335 e. The number of carbonyl (C=O) groups excluding carboxylic acids is 2. The molecule has 0 radical (unpaired) electrons. The summed E-state index contributed by atoms with van der Waals surface area (Å²) in [6.45, 7) is 0.564. The molecule has 0 bridgehead atoms. The highest BCUT2D eigenvalue weighted by molar-refractivity contribution is 5.99. The predicted octanol–water partition coefficient (Wildman–Crippen LogP) is 2.38. The molecule has 0 saturated carbocycles. The molecular weight excluding hydrogens is 442 g/mol. The lowest BCUT2D eigenvalue weighted by atomic mass is 10.1. The van der Waals surface area contributed by atoms with Gasteiger partial charge >= 0.3 is 5.97 Å². The van der Waals surface area contributed by atoms with Crippen molar-refractivity contribution in [3.05, 3.63) is 82.5 Å². The minimum absolute atomic E-state index is 0.0241. The predicted molar refractivity (Wildman–Crippen MR) is 119 cm³/mol. The van der Waals surface area contributed by atoms with Gasteiger partial charge in [-0.15, -0.1) is 0 Å². The zero-order chi connectivity index (χ0) is 24.1. The number of methoxy groups -OCH3 is 1. The van der Waals surface area contributed by atoms with Crippen LogP contribution in [0.1, 0.15) is 42.3 Å². The summed E-state index contributed by atoms with van der Waals surface area (Å²) in [5, 5.41) is 14.5.